The highest BCUT2D eigenvalue weighted by molar-refractivity contribution is 6.30. The van der Waals surface area contributed by atoms with E-state index in [1.54, 1.807) is 0 Å². The first kappa shape index (κ1) is 21.5. The molecule has 0 aliphatic carbocycles. The number of aromatic nitrogens is 2. The molecule has 1 amide bonds. The summed E-state index contributed by atoms with van der Waals surface area (Å²) in [6.07, 6.45) is 7.02. The molecule has 1 fully saturated rings. The number of amides is 1. The second-order valence-electron chi connectivity index (χ2n) is 7.88. The van der Waals surface area contributed by atoms with Gasteiger partial charge in [0.05, 0.1) is 12.3 Å². The van der Waals surface area contributed by atoms with Crippen LogP contribution in [0.3, 0.4) is 0 Å². The van der Waals surface area contributed by atoms with Crippen LogP contribution in [0.5, 0.6) is 5.75 Å². The summed E-state index contributed by atoms with van der Waals surface area (Å²) in [5.41, 5.74) is 6.42. The van der Waals surface area contributed by atoms with Gasteiger partial charge in [-0.05, 0) is 43.9 Å². The minimum Gasteiger partial charge on any atom is -0.492 e. The second kappa shape index (κ2) is 10.0. The molecule has 1 aromatic heterocycles. The molecule has 0 saturated carbocycles. The number of carbonyl (C=O) groups excluding carboxylic acids is 1. The summed E-state index contributed by atoms with van der Waals surface area (Å²) < 4.78 is 7.94. The van der Waals surface area contributed by atoms with Gasteiger partial charge in [-0.1, -0.05) is 24.4 Å². The van der Waals surface area contributed by atoms with Gasteiger partial charge >= 0.3 is 0 Å². The third kappa shape index (κ3) is 4.76. The zero-order valence-electron chi connectivity index (χ0n) is 17.1. The predicted molar refractivity (Wildman–Crippen MR) is 119 cm³/mol. The molecule has 6 nitrogen and oxygen atoms in total. The highest BCUT2D eigenvalue weighted by Gasteiger charge is 2.28. The number of alkyl halides is 1. The lowest BCUT2D eigenvalue weighted by Crippen LogP contribution is -2.45. The van der Waals surface area contributed by atoms with Gasteiger partial charge in [-0.15, -0.1) is 11.6 Å². The molecule has 1 saturated heterocycles. The van der Waals surface area contributed by atoms with E-state index >= 15 is 0 Å². The van der Waals surface area contributed by atoms with Crippen LogP contribution in [0, 0.1) is 0 Å². The molecule has 0 spiro atoms. The summed E-state index contributed by atoms with van der Waals surface area (Å²) in [6, 6.07) is 5.66. The van der Waals surface area contributed by atoms with Crippen molar-refractivity contribution in [3.05, 3.63) is 34.5 Å². The average molecular weight is 451 g/mol. The Hall–Kier alpha value is -1.76. The highest BCUT2D eigenvalue weighted by atomic mass is 35.5. The van der Waals surface area contributed by atoms with Crippen molar-refractivity contribution in [2.75, 3.05) is 25.6 Å². The number of hydrogen-bond acceptors (Lipinski definition) is 4. The molecule has 0 radical (unpaired) electrons. The number of halogens is 2. The van der Waals surface area contributed by atoms with Crippen molar-refractivity contribution in [1.29, 1.82) is 0 Å². The predicted octanol–water partition coefficient (Wildman–Crippen LogP) is 4.68. The second-order valence-corrected chi connectivity index (χ2v) is 8.69. The number of piperidine rings is 1. The third-order valence-electron chi connectivity index (χ3n) is 5.69. The van der Waals surface area contributed by atoms with Gasteiger partial charge in [0, 0.05) is 48.1 Å². The van der Waals surface area contributed by atoms with Gasteiger partial charge in [0.2, 0.25) is 0 Å². The molecule has 1 N–H and O–H groups in total. The van der Waals surface area contributed by atoms with Crippen LogP contribution in [0.2, 0.25) is 5.02 Å². The van der Waals surface area contributed by atoms with Gasteiger partial charge in [-0.2, -0.15) is 5.10 Å². The number of nitrogens with one attached hydrogen (secondary N) is 1. The Morgan fingerprint density at radius 3 is 2.80 bits per heavy atom. The van der Waals surface area contributed by atoms with E-state index in [4.69, 9.17) is 33.0 Å². The van der Waals surface area contributed by atoms with E-state index in [9.17, 15) is 4.79 Å². The largest absolute Gasteiger partial charge is 0.492 e. The van der Waals surface area contributed by atoms with Crippen LogP contribution in [0.1, 0.15) is 54.6 Å². The first-order valence-electron chi connectivity index (χ1n) is 10.8. The van der Waals surface area contributed by atoms with Crippen molar-refractivity contribution in [2.45, 2.75) is 51.5 Å². The van der Waals surface area contributed by atoms with Gasteiger partial charge in [0.25, 0.3) is 5.91 Å². The minimum absolute atomic E-state index is 0.134. The highest BCUT2D eigenvalue weighted by Crippen LogP contribution is 2.38. The molecule has 3 heterocycles. The fraction of sp³-hybridized carbons (Fsp3) is 0.545. The molecule has 8 heteroatoms. The Morgan fingerprint density at radius 1 is 1.17 bits per heavy atom. The minimum atomic E-state index is -0.134. The molecule has 0 unspecified atom stereocenters. The smallest absolute Gasteiger partial charge is 0.286 e. The zero-order chi connectivity index (χ0) is 20.9. The zero-order valence-corrected chi connectivity index (χ0v) is 18.6. The molecule has 0 atom stereocenters. The molecular formula is C22H28Cl2N4O2. The Kier molecular flexibility index (Phi) is 7.18. The maximum absolute atomic E-state index is 13.1. The normalized spacial score (nSPS) is 16.3. The van der Waals surface area contributed by atoms with Crippen LogP contribution in [0.25, 0.3) is 11.3 Å². The fourth-order valence-corrected chi connectivity index (χ4v) is 4.54. The first-order valence-corrected chi connectivity index (χ1v) is 11.7. The van der Waals surface area contributed by atoms with Crippen molar-refractivity contribution in [3.63, 3.8) is 0 Å². The number of benzene rings is 1. The van der Waals surface area contributed by atoms with Crippen LogP contribution in [-0.2, 0) is 13.0 Å². The van der Waals surface area contributed by atoms with Crippen LogP contribution in [0.15, 0.2) is 18.2 Å². The Balaban J connectivity index is 1.67. The Morgan fingerprint density at radius 2 is 2.00 bits per heavy atom. The van der Waals surface area contributed by atoms with Gasteiger partial charge in [-0.3, -0.25) is 14.9 Å². The summed E-state index contributed by atoms with van der Waals surface area (Å²) >= 11 is 12.0. The van der Waals surface area contributed by atoms with E-state index < -0.39 is 0 Å². The molecule has 1 aromatic carbocycles. The van der Waals surface area contributed by atoms with Crippen molar-refractivity contribution < 1.29 is 9.53 Å². The average Bonchev–Trinajstić information content (AvgIpc) is 3.00. The van der Waals surface area contributed by atoms with Crippen molar-refractivity contribution in [2.24, 2.45) is 0 Å². The van der Waals surface area contributed by atoms with Crippen LogP contribution in [0.4, 0.5) is 0 Å². The molecule has 2 aliphatic rings. The topological polar surface area (TPSA) is 59.4 Å². The molecule has 4 rings (SSSR count). The molecule has 2 aromatic rings. The number of hydrazine groups is 1. The molecule has 162 valence electrons. The summed E-state index contributed by atoms with van der Waals surface area (Å²) in [6.45, 7) is 3.00. The first-order chi connectivity index (χ1) is 14.7. The van der Waals surface area contributed by atoms with Crippen LogP contribution >= 0.6 is 23.2 Å². The lowest BCUT2D eigenvalue weighted by atomic mass is 10.0. The van der Waals surface area contributed by atoms with E-state index in [1.165, 1.54) is 6.42 Å². The van der Waals surface area contributed by atoms with E-state index in [0.29, 0.717) is 29.6 Å². The summed E-state index contributed by atoms with van der Waals surface area (Å²) in [7, 11) is 0. The van der Waals surface area contributed by atoms with Gasteiger partial charge < -0.3 is 4.74 Å². The summed E-state index contributed by atoms with van der Waals surface area (Å²) in [5, 5.41) is 7.42. The fourth-order valence-electron chi connectivity index (χ4n) is 4.19. The maximum atomic E-state index is 13.1. The number of rotatable bonds is 7. The monoisotopic (exact) mass is 450 g/mol. The molecule has 0 bridgehead atoms. The van der Waals surface area contributed by atoms with E-state index in [0.717, 1.165) is 74.3 Å². The molecular weight excluding hydrogens is 423 g/mol. The van der Waals surface area contributed by atoms with Gasteiger partial charge in [0.1, 0.15) is 5.75 Å². The van der Waals surface area contributed by atoms with Gasteiger partial charge in [-0.25, -0.2) is 5.01 Å². The SMILES string of the molecule is O=C(NN1CCCCC1)c1nn(CCCCCCl)c2c1CCOc1cc(Cl)ccc1-2. The van der Waals surface area contributed by atoms with E-state index in [2.05, 4.69) is 5.43 Å². The number of ether oxygens (including phenoxy) is 1. The lowest BCUT2D eigenvalue weighted by molar-refractivity contribution is 0.0742. The summed E-state index contributed by atoms with van der Waals surface area (Å²) in [5.74, 6) is 1.27. The van der Waals surface area contributed by atoms with E-state index in [1.807, 2.05) is 27.9 Å². The molecule has 30 heavy (non-hydrogen) atoms. The Labute approximate surface area is 187 Å². The maximum Gasteiger partial charge on any atom is 0.286 e. The number of fused-ring (bicyclic) bond motifs is 3. The number of carbonyl (C=O) groups is 1. The number of unbranched alkanes of at least 4 members (excludes halogenated alkanes) is 2. The number of hydrogen-bond donors (Lipinski definition) is 1. The third-order valence-corrected chi connectivity index (χ3v) is 6.20. The number of nitrogens with zero attached hydrogens (tertiary/aromatic N) is 3. The van der Waals surface area contributed by atoms with Gasteiger partial charge in [0.15, 0.2) is 5.69 Å². The van der Waals surface area contributed by atoms with E-state index in [-0.39, 0.29) is 5.91 Å². The van der Waals surface area contributed by atoms with Crippen LogP contribution in [-0.4, -0.2) is 46.3 Å². The van der Waals surface area contributed by atoms with Crippen LogP contribution < -0.4 is 10.2 Å². The molecule has 2 aliphatic heterocycles. The quantitative estimate of drug-likeness (QED) is 0.491. The van der Waals surface area contributed by atoms with Crippen molar-refractivity contribution in [1.82, 2.24) is 20.2 Å². The van der Waals surface area contributed by atoms with Crippen molar-refractivity contribution >= 4 is 29.1 Å². The van der Waals surface area contributed by atoms with Crippen molar-refractivity contribution in [3.8, 4) is 17.0 Å². The number of aryl methyl sites for hydroxylation is 1. The Bertz CT molecular complexity index is 894. The standard InChI is InChI=1S/C22H28Cl2N4O2/c23-10-3-1-6-13-28-21-17-8-7-16(24)15-19(17)30-14-9-18(21)20(25-28)22(29)26-27-11-4-2-5-12-27/h7-8,15H,1-6,9-14H2,(H,26,29). The summed E-state index contributed by atoms with van der Waals surface area (Å²) in [4.78, 5) is 13.1. The lowest BCUT2D eigenvalue weighted by Gasteiger charge is -2.26.